The molecule has 0 fully saturated rings. The molecule has 5 aromatic carbocycles. The molecular weight excluding hydrogens is 523 g/mol. The highest BCUT2D eigenvalue weighted by Crippen LogP contribution is 2.41. The maximum atomic E-state index is 15.2. The molecule has 7 aromatic rings. The summed E-state index contributed by atoms with van der Waals surface area (Å²) in [5.41, 5.74) is 2.79. The van der Waals surface area contributed by atoms with Crippen LogP contribution in [-0.2, 0) is 0 Å². The Morgan fingerprint density at radius 3 is 1.41 bits per heavy atom. The summed E-state index contributed by atoms with van der Waals surface area (Å²) in [6.07, 6.45) is 0. The summed E-state index contributed by atoms with van der Waals surface area (Å²) in [6.45, 7) is 0. The Kier molecular flexibility index (Phi) is 5.12. The van der Waals surface area contributed by atoms with Crippen LogP contribution in [0.4, 0.5) is 13.2 Å². The highest BCUT2D eigenvalue weighted by atomic mass is 19.1. The van der Waals surface area contributed by atoms with E-state index in [9.17, 15) is 20.2 Å². The molecule has 2 aromatic heterocycles. The summed E-state index contributed by atoms with van der Waals surface area (Å²) >= 11 is 0. The highest BCUT2D eigenvalue weighted by Gasteiger charge is 2.24. The van der Waals surface area contributed by atoms with Crippen molar-refractivity contribution in [3.05, 3.63) is 119 Å². The molecule has 2 heterocycles. The van der Waals surface area contributed by atoms with E-state index in [1.807, 2.05) is 59.2 Å². The van der Waals surface area contributed by atoms with Gasteiger partial charge in [-0.05, 0) is 36.4 Å². The number of rotatable bonds is 2. The van der Waals surface area contributed by atoms with Crippen molar-refractivity contribution in [3.8, 4) is 29.6 Å². The Bertz CT molecular complexity index is 2340. The minimum absolute atomic E-state index is 0.154. The minimum Gasteiger partial charge on any atom is -0.307 e. The van der Waals surface area contributed by atoms with Crippen molar-refractivity contribution in [2.24, 2.45) is 0 Å². The van der Waals surface area contributed by atoms with Crippen LogP contribution < -0.4 is 0 Å². The summed E-state index contributed by atoms with van der Waals surface area (Å²) in [6, 6.07) is 28.7. The maximum absolute atomic E-state index is 15.2. The molecule has 0 aliphatic heterocycles. The van der Waals surface area contributed by atoms with Gasteiger partial charge in [-0.2, -0.15) is 15.8 Å². The Labute approximate surface area is 230 Å². The van der Waals surface area contributed by atoms with Crippen molar-refractivity contribution in [1.82, 2.24) is 9.13 Å². The van der Waals surface area contributed by atoms with Gasteiger partial charge in [0.05, 0.1) is 50.5 Å². The lowest BCUT2D eigenvalue weighted by Crippen LogP contribution is -2.03. The average molecular weight is 538 g/mol. The van der Waals surface area contributed by atoms with Gasteiger partial charge >= 0.3 is 0 Å². The fourth-order valence-corrected chi connectivity index (χ4v) is 5.77. The molecule has 0 saturated carbocycles. The van der Waals surface area contributed by atoms with Crippen LogP contribution >= 0.6 is 0 Å². The minimum atomic E-state index is -1.04. The van der Waals surface area contributed by atoms with E-state index in [0.29, 0.717) is 56.0 Å². The molecule has 0 atom stereocenters. The van der Waals surface area contributed by atoms with E-state index in [1.165, 1.54) is 16.7 Å². The molecule has 0 unspecified atom stereocenters. The Morgan fingerprint density at radius 2 is 0.951 bits per heavy atom. The van der Waals surface area contributed by atoms with Crippen LogP contribution in [0, 0.1) is 51.4 Å². The molecule has 0 spiro atoms. The fraction of sp³-hybridized carbons (Fsp3) is 0. The number of aromatic nitrogens is 2. The first kappa shape index (κ1) is 24.0. The van der Waals surface area contributed by atoms with Crippen molar-refractivity contribution in [3.63, 3.8) is 0 Å². The lowest BCUT2D eigenvalue weighted by Gasteiger charge is -2.13. The first-order valence-electron chi connectivity index (χ1n) is 12.4. The number of nitriles is 3. The van der Waals surface area contributed by atoms with Gasteiger partial charge in [-0.15, -0.1) is 0 Å². The van der Waals surface area contributed by atoms with Gasteiger partial charge in [-0.1, -0.05) is 36.4 Å². The molecular formula is C33H14F3N5. The SMILES string of the molecule is N#Cc1cc(C#N)c(-n2c3ccccc3c3cc4c(cc32)c2ccccc2n4-c2c(F)cc(F)cc2F)c(C#N)c1. The molecule has 5 nitrogen and oxygen atoms in total. The Hall–Kier alpha value is -6.04. The summed E-state index contributed by atoms with van der Waals surface area (Å²) in [4.78, 5) is 0. The van der Waals surface area contributed by atoms with Gasteiger partial charge < -0.3 is 9.13 Å². The number of benzene rings is 5. The number of hydrogen-bond donors (Lipinski definition) is 0. The second-order valence-electron chi connectivity index (χ2n) is 9.57. The third-order valence-electron chi connectivity index (χ3n) is 7.37. The summed E-state index contributed by atoms with van der Waals surface area (Å²) in [7, 11) is 0. The van der Waals surface area contributed by atoms with Crippen LogP contribution in [0.25, 0.3) is 55.0 Å². The first-order valence-corrected chi connectivity index (χ1v) is 12.4. The lowest BCUT2D eigenvalue weighted by atomic mass is 10.0. The molecule has 8 heteroatoms. The van der Waals surface area contributed by atoms with Crippen LogP contribution in [0.5, 0.6) is 0 Å². The average Bonchev–Trinajstić information content (AvgIpc) is 3.47. The molecule has 192 valence electrons. The van der Waals surface area contributed by atoms with E-state index in [0.717, 1.165) is 5.39 Å². The maximum Gasteiger partial charge on any atom is 0.153 e. The molecule has 0 saturated heterocycles. The zero-order valence-corrected chi connectivity index (χ0v) is 21.0. The van der Waals surface area contributed by atoms with E-state index in [4.69, 9.17) is 0 Å². The molecule has 0 aliphatic rings. The summed E-state index contributed by atoms with van der Waals surface area (Å²) in [5.74, 6) is -3.09. The number of hydrogen-bond acceptors (Lipinski definition) is 3. The standard InChI is InChI=1S/C33H14F3N5/c34-21-11-26(35)33(27(36)12-21)41-29-8-4-2-6-23(29)25-13-30-24(14-31(25)41)22-5-1-3-7-28(22)40(30)32-19(16-38)9-18(15-37)10-20(32)17-39/h1-14H. The summed E-state index contributed by atoms with van der Waals surface area (Å²) < 4.78 is 47.4. The van der Waals surface area contributed by atoms with E-state index in [2.05, 4.69) is 12.1 Å². The number of fused-ring (bicyclic) bond motifs is 6. The molecule has 0 N–H and O–H groups in total. The van der Waals surface area contributed by atoms with Crippen LogP contribution in [0.1, 0.15) is 16.7 Å². The van der Waals surface area contributed by atoms with E-state index < -0.39 is 23.1 Å². The number of nitrogens with zero attached hydrogens (tertiary/aromatic N) is 5. The predicted octanol–water partition coefficient (Wildman–Crippen LogP) is 7.91. The van der Waals surface area contributed by atoms with E-state index in [-0.39, 0.29) is 16.7 Å². The predicted molar refractivity (Wildman–Crippen MR) is 149 cm³/mol. The topological polar surface area (TPSA) is 81.2 Å². The van der Waals surface area contributed by atoms with Gasteiger partial charge in [0.1, 0.15) is 23.6 Å². The quantitative estimate of drug-likeness (QED) is 0.225. The number of para-hydroxylation sites is 2. The second-order valence-corrected chi connectivity index (χ2v) is 9.57. The molecule has 41 heavy (non-hydrogen) atoms. The van der Waals surface area contributed by atoms with Gasteiger partial charge in [-0.25, -0.2) is 13.2 Å². The lowest BCUT2D eigenvalue weighted by molar-refractivity contribution is 0.537. The van der Waals surface area contributed by atoms with Crippen LogP contribution in [0.15, 0.2) is 84.9 Å². The molecule has 0 aliphatic carbocycles. The number of halogens is 3. The van der Waals surface area contributed by atoms with Crippen LogP contribution in [-0.4, -0.2) is 9.13 Å². The molecule has 0 radical (unpaired) electrons. The van der Waals surface area contributed by atoms with Crippen LogP contribution in [0.2, 0.25) is 0 Å². The zero-order valence-electron chi connectivity index (χ0n) is 21.0. The van der Waals surface area contributed by atoms with Crippen molar-refractivity contribution in [2.75, 3.05) is 0 Å². The van der Waals surface area contributed by atoms with Gasteiger partial charge in [-0.3, -0.25) is 0 Å². The molecule has 0 bridgehead atoms. The monoisotopic (exact) mass is 537 g/mol. The largest absolute Gasteiger partial charge is 0.307 e. The Balaban J connectivity index is 1.70. The van der Waals surface area contributed by atoms with Gasteiger partial charge in [0.25, 0.3) is 0 Å². The normalized spacial score (nSPS) is 11.2. The highest BCUT2D eigenvalue weighted by molar-refractivity contribution is 6.19. The van der Waals surface area contributed by atoms with Crippen LogP contribution in [0.3, 0.4) is 0 Å². The first-order chi connectivity index (χ1) is 19.9. The van der Waals surface area contributed by atoms with Gasteiger partial charge in [0.15, 0.2) is 11.6 Å². The zero-order chi connectivity index (χ0) is 28.4. The smallest absolute Gasteiger partial charge is 0.153 e. The Morgan fingerprint density at radius 1 is 0.488 bits per heavy atom. The van der Waals surface area contributed by atoms with Crippen molar-refractivity contribution in [1.29, 1.82) is 15.8 Å². The second kappa shape index (κ2) is 8.74. The van der Waals surface area contributed by atoms with Crippen molar-refractivity contribution >= 4 is 43.6 Å². The molecule has 7 rings (SSSR count). The van der Waals surface area contributed by atoms with E-state index >= 15 is 8.78 Å². The molecule has 0 amide bonds. The summed E-state index contributed by atoms with van der Waals surface area (Å²) in [5, 5.41) is 32.4. The third kappa shape index (κ3) is 3.34. The van der Waals surface area contributed by atoms with Crippen molar-refractivity contribution in [2.45, 2.75) is 0 Å². The van der Waals surface area contributed by atoms with E-state index in [1.54, 1.807) is 12.1 Å². The van der Waals surface area contributed by atoms with Crippen molar-refractivity contribution < 1.29 is 13.2 Å². The van der Waals surface area contributed by atoms with Gasteiger partial charge in [0.2, 0.25) is 0 Å². The van der Waals surface area contributed by atoms with Gasteiger partial charge in [0, 0.05) is 33.7 Å². The fourth-order valence-electron chi connectivity index (χ4n) is 5.77. The third-order valence-corrected chi connectivity index (χ3v) is 7.37.